The number of carbonyl (C=O) groups is 1. The Balaban J connectivity index is 2.32. The number of fused-ring (bicyclic) bond motifs is 1. The Kier molecular flexibility index (Phi) is 3.09. The quantitative estimate of drug-likeness (QED) is 0.877. The number of hydrogen-bond donors (Lipinski definition) is 2. The molecule has 0 aliphatic rings. The zero-order valence-corrected chi connectivity index (χ0v) is 10.2. The minimum Gasteiger partial charge on any atom is -0.448 e. The van der Waals surface area contributed by atoms with Crippen LogP contribution >= 0.6 is 0 Å². The van der Waals surface area contributed by atoms with Crippen LogP contribution in [0.2, 0.25) is 0 Å². The number of amides is 1. The number of nitrogens with one attached hydrogen (secondary N) is 1. The molecule has 0 bridgehead atoms. The Hall–Kier alpha value is -1.88. The first-order valence-electron chi connectivity index (χ1n) is 5.54. The highest BCUT2D eigenvalue weighted by Crippen LogP contribution is 2.22. The molecule has 0 aliphatic heterocycles. The van der Waals surface area contributed by atoms with Crippen molar-refractivity contribution in [2.24, 2.45) is 0 Å². The number of aliphatic hydroxyl groups excluding tert-OH is 1. The lowest BCUT2D eigenvalue weighted by atomic mass is 10.1. The summed E-state index contributed by atoms with van der Waals surface area (Å²) in [5.41, 5.74) is -0.696. The molecule has 5 heteroatoms. The van der Waals surface area contributed by atoms with Crippen molar-refractivity contribution in [3.63, 3.8) is 0 Å². The van der Waals surface area contributed by atoms with Crippen LogP contribution in [-0.2, 0) is 0 Å². The van der Waals surface area contributed by atoms with E-state index in [0.717, 1.165) is 0 Å². The molecule has 0 radical (unpaired) electrons. The Bertz CT molecular complexity index is 589. The van der Waals surface area contributed by atoms with Gasteiger partial charge in [-0.1, -0.05) is 12.1 Å². The first kappa shape index (κ1) is 12.6. The molecule has 1 aromatic carbocycles. The summed E-state index contributed by atoms with van der Waals surface area (Å²) in [5.74, 6) is -0.964. The molecule has 0 fully saturated rings. The lowest BCUT2D eigenvalue weighted by Gasteiger charge is -2.22. The number of benzene rings is 1. The van der Waals surface area contributed by atoms with E-state index in [2.05, 4.69) is 5.32 Å². The molecule has 1 heterocycles. The molecule has 0 saturated heterocycles. The standard InChI is InChI=1S/C13H14FNO3/c1-13(2,7-16)15-12(17)10-6-8-4-3-5-9(14)11(8)18-10/h3-6,16H,7H2,1-2H3,(H,15,17). The fourth-order valence-corrected chi connectivity index (χ4v) is 1.55. The van der Waals surface area contributed by atoms with E-state index in [9.17, 15) is 9.18 Å². The van der Waals surface area contributed by atoms with Crippen molar-refractivity contribution in [1.82, 2.24) is 5.32 Å². The smallest absolute Gasteiger partial charge is 0.287 e. The number of aliphatic hydroxyl groups is 1. The molecule has 0 saturated carbocycles. The average Bonchev–Trinajstić information content (AvgIpc) is 2.74. The van der Waals surface area contributed by atoms with E-state index < -0.39 is 17.3 Å². The summed E-state index contributed by atoms with van der Waals surface area (Å²) in [5, 5.41) is 12.2. The third-order valence-electron chi connectivity index (χ3n) is 2.57. The summed E-state index contributed by atoms with van der Waals surface area (Å²) in [7, 11) is 0. The normalized spacial score (nSPS) is 11.8. The minimum atomic E-state index is -0.755. The topological polar surface area (TPSA) is 62.5 Å². The summed E-state index contributed by atoms with van der Waals surface area (Å²) in [6.07, 6.45) is 0. The van der Waals surface area contributed by atoms with Crippen molar-refractivity contribution >= 4 is 16.9 Å². The first-order valence-corrected chi connectivity index (χ1v) is 5.54. The van der Waals surface area contributed by atoms with Crippen LogP contribution < -0.4 is 5.32 Å². The second-order valence-corrected chi connectivity index (χ2v) is 4.76. The molecule has 1 amide bonds. The number of furan rings is 1. The van der Waals surface area contributed by atoms with Gasteiger partial charge in [0, 0.05) is 5.39 Å². The van der Waals surface area contributed by atoms with Gasteiger partial charge >= 0.3 is 0 Å². The van der Waals surface area contributed by atoms with Gasteiger partial charge in [0.1, 0.15) is 0 Å². The molecule has 18 heavy (non-hydrogen) atoms. The molecule has 4 nitrogen and oxygen atoms in total. The summed E-state index contributed by atoms with van der Waals surface area (Å²) >= 11 is 0. The number of para-hydroxylation sites is 1. The highest BCUT2D eigenvalue weighted by Gasteiger charge is 2.22. The molecule has 2 N–H and O–H groups in total. The Morgan fingerprint density at radius 1 is 1.50 bits per heavy atom. The number of hydrogen-bond acceptors (Lipinski definition) is 3. The van der Waals surface area contributed by atoms with Gasteiger partial charge in [-0.15, -0.1) is 0 Å². The fourth-order valence-electron chi connectivity index (χ4n) is 1.55. The van der Waals surface area contributed by atoms with Crippen molar-refractivity contribution < 1.29 is 18.7 Å². The van der Waals surface area contributed by atoms with Crippen LogP contribution in [0.5, 0.6) is 0 Å². The number of halogens is 1. The highest BCUT2D eigenvalue weighted by molar-refractivity contribution is 5.96. The Morgan fingerprint density at radius 2 is 2.22 bits per heavy atom. The third-order valence-corrected chi connectivity index (χ3v) is 2.57. The van der Waals surface area contributed by atoms with Crippen molar-refractivity contribution in [2.45, 2.75) is 19.4 Å². The van der Waals surface area contributed by atoms with Crippen LogP contribution in [0.1, 0.15) is 24.4 Å². The van der Waals surface area contributed by atoms with E-state index in [-0.39, 0.29) is 18.0 Å². The van der Waals surface area contributed by atoms with Gasteiger partial charge in [0.25, 0.3) is 5.91 Å². The van der Waals surface area contributed by atoms with Crippen LogP contribution in [0.15, 0.2) is 28.7 Å². The molecule has 96 valence electrons. The van der Waals surface area contributed by atoms with Gasteiger partial charge in [0.15, 0.2) is 17.2 Å². The van der Waals surface area contributed by atoms with E-state index in [4.69, 9.17) is 9.52 Å². The van der Waals surface area contributed by atoms with E-state index in [1.807, 2.05) is 0 Å². The molecule has 2 rings (SSSR count). The van der Waals surface area contributed by atoms with Crippen molar-refractivity contribution in [1.29, 1.82) is 0 Å². The predicted molar refractivity (Wildman–Crippen MR) is 64.8 cm³/mol. The maximum atomic E-state index is 13.4. The van der Waals surface area contributed by atoms with Crippen molar-refractivity contribution in [3.8, 4) is 0 Å². The van der Waals surface area contributed by atoms with E-state index in [0.29, 0.717) is 5.39 Å². The molecule has 0 unspecified atom stereocenters. The fraction of sp³-hybridized carbons (Fsp3) is 0.308. The first-order chi connectivity index (χ1) is 8.43. The largest absolute Gasteiger partial charge is 0.448 e. The molecule has 2 aromatic rings. The zero-order chi connectivity index (χ0) is 13.3. The van der Waals surface area contributed by atoms with E-state index >= 15 is 0 Å². The predicted octanol–water partition coefficient (Wildman–Crippen LogP) is 2.07. The number of carbonyl (C=O) groups excluding carboxylic acids is 1. The maximum absolute atomic E-state index is 13.4. The van der Waals surface area contributed by atoms with Gasteiger partial charge in [-0.3, -0.25) is 4.79 Å². The van der Waals surface area contributed by atoms with Gasteiger partial charge in [-0.25, -0.2) is 4.39 Å². The van der Waals surface area contributed by atoms with Crippen LogP contribution in [0.3, 0.4) is 0 Å². The minimum absolute atomic E-state index is 0.0247. The van der Waals surface area contributed by atoms with Crippen LogP contribution in [0, 0.1) is 5.82 Å². The van der Waals surface area contributed by atoms with Crippen molar-refractivity contribution in [2.75, 3.05) is 6.61 Å². The Labute approximate surface area is 103 Å². The summed E-state index contributed by atoms with van der Waals surface area (Å²) in [4.78, 5) is 11.9. The van der Waals surface area contributed by atoms with Crippen LogP contribution in [0.4, 0.5) is 4.39 Å². The van der Waals surface area contributed by atoms with Crippen molar-refractivity contribution in [3.05, 3.63) is 35.8 Å². The molecule has 0 atom stereocenters. The SMILES string of the molecule is CC(C)(CO)NC(=O)c1cc2cccc(F)c2o1. The summed E-state index contributed by atoms with van der Waals surface area (Å²) in [6, 6.07) is 5.95. The molecule has 0 aliphatic carbocycles. The van der Waals surface area contributed by atoms with Crippen LogP contribution in [0.25, 0.3) is 11.0 Å². The lowest BCUT2D eigenvalue weighted by molar-refractivity contribution is 0.0843. The highest BCUT2D eigenvalue weighted by atomic mass is 19.1. The third kappa shape index (κ3) is 2.36. The van der Waals surface area contributed by atoms with Gasteiger partial charge < -0.3 is 14.8 Å². The maximum Gasteiger partial charge on any atom is 0.287 e. The van der Waals surface area contributed by atoms with E-state index in [1.165, 1.54) is 12.1 Å². The van der Waals surface area contributed by atoms with E-state index in [1.54, 1.807) is 26.0 Å². The molecular formula is C13H14FNO3. The van der Waals surface area contributed by atoms with Gasteiger partial charge in [-0.2, -0.15) is 0 Å². The second-order valence-electron chi connectivity index (χ2n) is 4.76. The number of rotatable bonds is 3. The van der Waals surface area contributed by atoms with Gasteiger partial charge in [0.2, 0.25) is 0 Å². The molecule has 0 spiro atoms. The second kappa shape index (κ2) is 4.42. The summed E-state index contributed by atoms with van der Waals surface area (Å²) < 4.78 is 18.6. The van der Waals surface area contributed by atoms with Crippen LogP contribution in [-0.4, -0.2) is 23.2 Å². The average molecular weight is 251 g/mol. The Morgan fingerprint density at radius 3 is 2.83 bits per heavy atom. The lowest BCUT2D eigenvalue weighted by Crippen LogP contribution is -2.46. The zero-order valence-electron chi connectivity index (χ0n) is 10.2. The summed E-state index contributed by atoms with van der Waals surface area (Å²) in [6.45, 7) is 3.15. The van der Waals surface area contributed by atoms with Gasteiger partial charge in [-0.05, 0) is 26.0 Å². The molecular weight excluding hydrogens is 237 g/mol. The van der Waals surface area contributed by atoms with Gasteiger partial charge in [0.05, 0.1) is 12.1 Å². The molecule has 1 aromatic heterocycles. The monoisotopic (exact) mass is 251 g/mol.